The van der Waals surface area contributed by atoms with Crippen LogP contribution in [0.5, 0.6) is 5.75 Å². The van der Waals surface area contributed by atoms with Crippen LogP contribution in [-0.4, -0.2) is 40.2 Å². The number of anilines is 4. The monoisotopic (exact) mass is 483 g/mol. The first-order valence-electron chi connectivity index (χ1n) is 11.2. The van der Waals surface area contributed by atoms with E-state index in [1.807, 2.05) is 0 Å². The maximum Gasteiger partial charge on any atom is 0.251 e. The van der Waals surface area contributed by atoms with Crippen LogP contribution >= 0.6 is 0 Å². The van der Waals surface area contributed by atoms with Crippen molar-refractivity contribution in [3.05, 3.63) is 72.7 Å². The van der Waals surface area contributed by atoms with E-state index < -0.39 is 0 Å². The van der Waals surface area contributed by atoms with Crippen molar-refractivity contribution in [1.82, 2.24) is 15.0 Å². The van der Waals surface area contributed by atoms with Crippen LogP contribution in [0.15, 0.2) is 67.2 Å². The number of carbonyl (C=O) groups excluding carboxylic acids is 1. The molecule has 182 valence electrons. The number of amides is 1. The molecule has 3 heterocycles. The van der Waals surface area contributed by atoms with Crippen LogP contribution in [0.2, 0.25) is 0 Å². The number of aromatic nitrogens is 3. The molecule has 1 amide bonds. The summed E-state index contributed by atoms with van der Waals surface area (Å²) in [5, 5.41) is 16.1. The lowest BCUT2D eigenvalue weighted by atomic mass is 10.1. The number of nitrogens with two attached hydrogens (primary N) is 1. The predicted molar refractivity (Wildman–Crippen MR) is 138 cm³/mol. The largest absolute Gasteiger partial charge is 0.486 e. The average Bonchev–Trinajstić information content (AvgIpc) is 3.39. The van der Waals surface area contributed by atoms with Crippen molar-refractivity contribution in [3.63, 3.8) is 0 Å². The number of ether oxygens (including phenoxy) is 2. The highest BCUT2D eigenvalue weighted by atomic mass is 16.5. The number of allylic oxidation sites excluding steroid dienone is 4. The number of carbonyl (C=O) groups is 1. The summed E-state index contributed by atoms with van der Waals surface area (Å²) in [5.41, 5.74) is 8.97. The maximum atomic E-state index is 12.3. The Bertz CT molecular complexity index is 1390. The number of fused-ring (bicyclic) bond motifs is 1. The lowest BCUT2D eigenvalue weighted by Crippen LogP contribution is -2.16. The second kappa shape index (κ2) is 11.1. The molecule has 0 spiro atoms. The van der Waals surface area contributed by atoms with Gasteiger partial charge in [0.05, 0.1) is 53.7 Å². The summed E-state index contributed by atoms with van der Waals surface area (Å²) in [5.74, 6) is 0.472. The van der Waals surface area contributed by atoms with E-state index in [2.05, 4.69) is 38.2 Å². The van der Waals surface area contributed by atoms with Crippen molar-refractivity contribution in [2.24, 2.45) is 0 Å². The number of nitriles is 1. The Balaban J connectivity index is 1.55. The second-order valence-corrected chi connectivity index (χ2v) is 8.01. The minimum Gasteiger partial charge on any atom is -0.486 e. The topological polar surface area (TPSA) is 148 Å². The van der Waals surface area contributed by atoms with Gasteiger partial charge < -0.3 is 25.8 Å². The van der Waals surface area contributed by atoms with Gasteiger partial charge in [-0.2, -0.15) is 5.26 Å². The van der Waals surface area contributed by atoms with Crippen LogP contribution in [-0.2, 0) is 9.53 Å². The van der Waals surface area contributed by atoms with Gasteiger partial charge in [0.15, 0.2) is 0 Å². The van der Waals surface area contributed by atoms with Crippen molar-refractivity contribution < 1.29 is 14.3 Å². The molecule has 0 aliphatic carbocycles. The van der Waals surface area contributed by atoms with Gasteiger partial charge in [0.25, 0.3) is 5.91 Å². The molecule has 4 rings (SSSR count). The van der Waals surface area contributed by atoms with Gasteiger partial charge in [-0.15, -0.1) is 0 Å². The highest BCUT2D eigenvalue weighted by Gasteiger charge is 2.20. The number of nitrogens with one attached hydrogen (secondary N) is 2. The van der Waals surface area contributed by atoms with Gasteiger partial charge in [-0.1, -0.05) is 30.9 Å². The van der Waals surface area contributed by atoms with E-state index in [1.54, 1.807) is 43.4 Å². The molecule has 0 bridgehead atoms. The van der Waals surface area contributed by atoms with Crippen molar-refractivity contribution in [3.8, 4) is 11.8 Å². The van der Waals surface area contributed by atoms with E-state index in [-0.39, 0.29) is 18.0 Å². The van der Waals surface area contributed by atoms with Gasteiger partial charge in [-0.25, -0.2) is 9.97 Å². The zero-order valence-corrected chi connectivity index (χ0v) is 19.7. The van der Waals surface area contributed by atoms with Crippen LogP contribution in [0.25, 0.3) is 10.9 Å². The maximum absolute atomic E-state index is 12.3. The molecular formula is C26H25N7O3. The minimum atomic E-state index is -0.280. The number of nitrogen functional groups attached to an aromatic ring is 1. The highest BCUT2D eigenvalue weighted by Crippen LogP contribution is 2.35. The van der Waals surface area contributed by atoms with Gasteiger partial charge in [-0.05, 0) is 13.0 Å². The molecule has 36 heavy (non-hydrogen) atoms. The van der Waals surface area contributed by atoms with Crippen LogP contribution < -0.4 is 21.1 Å². The van der Waals surface area contributed by atoms with Crippen molar-refractivity contribution in [2.75, 3.05) is 29.6 Å². The predicted octanol–water partition coefficient (Wildman–Crippen LogP) is 4.02. The Kier molecular flexibility index (Phi) is 7.53. The third-order valence-electron chi connectivity index (χ3n) is 5.40. The Morgan fingerprint density at radius 1 is 1.28 bits per heavy atom. The average molecular weight is 484 g/mol. The third kappa shape index (κ3) is 5.65. The molecule has 1 aliphatic rings. The van der Waals surface area contributed by atoms with Crippen LogP contribution in [0.4, 0.5) is 23.0 Å². The first kappa shape index (κ1) is 24.4. The minimum absolute atomic E-state index is 0.0592. The Labute approximate surface area is 208 Å². The lowest BCUT2D eigenvalue weighted by Gasteiger charge is -2.16. The van der Waals surface area contributed by atoms with E-state index in [4.69, 9.17) is 15.2 Å². The van der Waals surface area contributed by atoms with E-state index in [9.17, 15) is 10.1 Å². The molecule has 0 radical (unpaired) electrons. The van der Waals surface area contributed by atoms with E-state index in [0.29, 0.717) is 58.1 Å². The Hall–Kier alpha value is -4.75. The first-order chi connectivity index (χ1) is 17.5. The molecule has 1 atom stereocenters. The normalized spacial score (nSPS) is 15.6. The van der Waals surface area contributed by atoms with Crippen LogP contribution in [0, 0.1) is 11.3 Å². The molecule has 4 N–H and O–H groups in total. The molecule has 1 fully saturated rings. The van der Waals surface area contributed by atoms with Crippen LogP contribution in [0.1, 0.15) is 18.9 Å². The number of pyridine rings is 1. The summed E-state index contributed by atoms with van der Waals surface area (Å²) in [6.07, 6.45) is 11.9. The summed E-state index contributed by atoms with van der Waals surface area (Å²) < 4.78 is 11.3. The lowest BCUT2D eigenvalue weighted by molar-refractivity contribution is -0.112. The molecule has 2 aromatic heterocycles. The van der Waals surface area contributed by atoms with Crippen molar-refractivity contribution in [1.29, 1.82) is 5.26 Å². The molecule has 10 heteroatoms. The van der Waals surface area contributed by atoms with E-state index in [1.165, 1.54) is 18.6 Å². The molecule has 1 aliphatic heterocycles. The number of hydrogen-bond acceptors (Lipinski definition) is 9. The third-order valence-corrected chi connectivity index (χ3v) is 5.40. The second-order valence-electron chi connectivity index (χ2n) is 8.01. The van der Waals surface area contributed by atoms with Gasteiger partial charge in [-0.3, -0.25) is 9.78 Å². The fraction of sp³-hybridized carbons (Fsp3) is 0.192. The molecular weight excluding hydrogens is 458 g/mol. The summed E-state index contributed by atoms with van der Waals surface area (Å²) in [6, 6.07) is 5.58. The van der Waals surface area contributed by atoms with Gasteiger partial charge in [0, 0.05) is 29.6 Å². The van der Waals surface area contributed by atoms with Crippen LogP contribution in [0.3, 0.4) is 0 Å². The Morgan fingerprint density at radius 2 is 2.08 bits per heavy atom. The zero-order chi connectivity index (χ0) is 25.5. The van der Waals surface area contributed by atoms with Gasteiger partial charge in [0.1, 0.15) is 17.9 Å². The van der Waals surface area contributed by atoms with Crippen molar-refractivity contribution >= 4 is 39.8 Å². The summed E-state index contributed by atoms with van der Waals surface area (Å²) in [7, 11) is 0. The number of nitrogens with zero attached hydrogens (tertiary/aromatic N) is 4. The number of rotatable bonds is 8. The molecule has 1 aromatic carbocycles. The van der Waals surface area contributed by atoms with E-state index >= 15 is 0 Å². The smallest absolute Gasteiger partial charge is 0.251 e. The SMILES string of the molecule is C=C/C=C\C=C(/C)C(=O)Nc1cnc(Nc2c(C#N)cnc3cc(OC4CCOC4)c(N)cc23)nc1. The Morgan fingerprint density at radius 3 is 2.78 bits per heavy atom. The van der Waals surface area contributed by atoms with Gasteiger partial charge >= 0.3 is 0 Å². The highest BCUT2D eigenvalue weighted by molar-refractivity contribution is 6.03. The molecule has 0 saturated carbocycles. The summed E-state index contributed by atoms with van der Waals surface area (Å²) in [6.45, 7) is 6.45. The fourth-order valence-electron chi connectivity index (χ4n) is 3.50. The van der Waals surface area contributed by atoms with Gasteiger partial charge in [0.2, 0.25) is 5.95 Å². The fourth-order valence-corrected chi connectivity index (χ4v) is 3.50. The zero-order valence-electron chi connectivity index (χ0n) is 19.7. The molecule has 1 unspecified atom stereocenters. The summed E-state index contributed by atoms with van der Waals surface area (Å²) in [4.78, 5) is 25.2. The summed E-state index contributed by atoms with van der Waals surface area (Å²) >= 11 is 0. The first-order valence-corrected chi connectivity index (χ1v) is 11.2. The molecule has 3 aromatic rings. The molecule has 1 saturated heterocycles. The van der Waals surface area contributed by atoms with Crippen molar-refractivity contribution in [2.45, 2.75) is 19.4 Å². The van der Waals surface area contributed by atoms with E-state index in [0.717, 1.165) is 6.42 Å². The molecule has 10 nitrogen and oxygen atoms in total. The quantitative estimate of drug-likeness (QED) is 0.245. The standard InChI is InChI=1S/C26H25N7O3/c1-3-4-5-6-16(2)25(34)32-18-13-30-26(31-14-18)33-24-17(11-27)12-29-22-10-23(21(28)9-20(22)24)36-19-7-8-35-15-19/h3-6,9-10,12-14,19H,1,7-8,15,28H2,2H3,(H,32,34)(H,29,30,31,33)/b5-4-,16-6+. The number of benzene rings is 1. The number of hydrogen-bond donors (Lipinski definition) is 3.